The van der Waals surface area contributed by atoms with E-state index in [2.05, 4.69) is 6.58 Å². The second kappa shape index (κ2) is 10.4. The lowest BCUT2D eigenvalue weighted by Gasteiger charge is -2.26. The first-order valence-electron chi connectivity index (χ1n) is 7.77. The molecule has 0 rings (SSSR count). The molecule has 2 atom stereocenters. The molecule has 0 heterocycles. The topological polar surface area (TPSA) is 61.8 Å². The van der Waals surface area contributed by atoms with Gasteiger partial charge in [-0.2, -0.15) is 0 Å². The van der Waals surface area contributed by atoms with Gasteiger partial charge in [0.15, 0.2) is 0 Å². The molecule has 0 aromatic rings. The van der Waals surface area contributed by atoms with Gasteiger partial charge in [0.25, 0.3) is 0 Å². The predicted molar refractivity (Wildman–Crippen MR) is 85.4 cm³/mol. The maximum atomic E-state index is 12.0. The van der Waals surface area contributed by atoms with Crippen molar-refractivity contribution in [3.8, 4) is 0 Å². The lowest BCUT2D eigenvalue weighted by Crippen LogP contribution is -2.35. The Kier molecular flexibility index (Phi) is 9.74. The Bertz CT molecular complexity index is 357. The number of rotatable bonds is 10. The maximum Gasteiger partial charge on any atom is 0.311 e. The SMILES string of the molecule is C=CCCCO[C@@H](CC)[C@H](CC(=O)OC(C)(C)C)C(=O)OC. The minimum absolute atomic E-state index is 0.0378. The monoisotopic (exact) mass is 314 g/mol. The Morgan fingerprint density at radius 2 is 1.91 bits per heavy atom. The van der Waals surface area contributed by atoms with Gasteiger partial charge in [0.1, 0.15) is 5.60 Å². The number of esters is 2. The first-order chi connectivity index (χ1) is 10.2. The number of hydrogen-bond donors (Lipinski definition) is 0. The van der Waals surface area contributed by atoms with E-state index >= 15 is 0 Å². The number of carbonyl (C=O) groups excluding carboxylic acids is 2. The smallest absolute Gasteiger partial charge is 0.311 e. The van der Waals surface area contributed by atoms with Crippen molar-refractivity contribution in [2.45, 2.75) is 65.1 Å². The van der Waals surface area contributed by atoms with Crippen LogP contribution in [0.25, 0.3) is 0 Å². The standard InChI is InChI=1S/C17H30O5/c1-7-9-10-11-21-14(8-2)13(16(19)20-6)12-15(18)22-17(3,4)5/h7,13-14H,1,8-12H2,2-6H3/t13-,14-/m0/s1. The Balaban J connectivity index is 4.74. The summed E-state index contributed by atoms with van der Waals surface area (Å²) in [7, 11) is 1.31. The second-order valence-corrected chi connectivity index (χ2v) is 6.17. The molecule has 0 amide bonds. The molecule has 5 nitrogen and oxygen atoms in total. The molecule has 0 radical (unpaired) electrons. The van der Waals surface area contributed by atoms with Crippen molar-refractivity contribution in [3.05, 3.63) is 12.7 Å². The summed E-state index contributed by atoms with van der Waals surface area (Å²) >= 11 is 0. The van der Waals surface area contributed by atoms with Gasteiger partial charge < -0.3 is 14.2 Å². The zero-order chi connectivity index (χ0) is 17.2. The van der Waals surface area contributed by atoms with E-state index in [1.807, 2.05) is 13.0 Å². The minimum Gasteiger partial charge on any atom is -0.469 e. The van der Waals surface area contributed by atoms with Gasteiger partial charge in [0.2, 0.25) is 0 Å². The Hall–Kier alpha value is -1.36. The molecule has 128 valence electrons. The van der Waals surface area contributed by atoms with Gasteiger partial charge in [0.05, 0.1) is 25.6 Å². The number of ether oxygens (including phenoxy) is 3. The second-order valence-electron chi connectivity index (χ2n) is 6.17. The zero-order valence-electron chi connectivity index (χ0n) is 14.5. The fourth-order valence-electron chi connectivity index (χ4n) is 2.06. The van der Waals surface area contributed by atoms with Gasteiger partial charge in [-0.3, -0.25) is 9.59 Å². The van der Waals surface area contributed by atoms with Gasteiger partial charge in [-0.1, -0.05) is 13.0 Å². The fraction of sp³-hybridized carbons (Fsp3) is 0.765. The zero-order valence-corrected chi connectivity index (χ0v) is 14.5. The van der Waals surface area contributed by atoms with Crippen LogP contribution in [0.2, 0.25) is 0 Å². The number of methoxy groups -OCH3 is 1. The number of hydrogen-bond acceptors (Lipinski definition) is 5. The van der Waals surface area contributed by atoms with Crippen molar-refractivity contribution in [1.29, 1.82) is 0 Å². The van der Waals surface area contributed by atoms with Gasteiger partial charge >= 0.3 is 11.9 Å². The highest BCUT2D eigenvalue weighted by molar-refractivity contribution is 5.80. The molecular formula is C17H30O5. The van der Waals surface area contributed by atoms with E-state index in [0.717, 1.165) is 12.8 Å². The number of carbonyl (C=O) groups is 2. The van der Waals surface area contributed by atoms with Crippen molar-refractivity contribution in [3.63, 3.8) is 0 Å². The molecule has 5 heteroatoms. The van der Waals surface area contributed by atoms with Gasteiger partial charge in [-0.25, -0.2) is 0 Å². The molecule has 0 aromatic carbocycles. The van der Waals surface area contributed by atoms with Crippen molar-refractivity contribution in [1.82, 2.24) is 0 Å². The lowest BCUT2D eigenvalue weighted by atomic mass is 9.96. The van der Waals surface area contributed by atoms with Crippen molar-refractivity contribution < 1.29 is 23.8 Å². The van der Waals surface area contributed by atoms with E-state index in [0.29, 0.717) is 13.0 Å². The minimum atomic E-state index is -0.645. The summed E-state index contributed by atoms with van der Waals surface area (Å²) in [6.07, 6.45) is 3.74. The molecule has 0 N–H and O–H groups in total. The van der Waals surface area contributed by atoms with Gasteiger partial charge in [-0.05, 0) is 40.0 Å². The van der Waals surface area contributed by atoms with Crippen molar-refractivity contribution in [2.24, 2.45) is 5.92 Å². The Morgan fingerprint density at radius 1 is 1.27 bits per heavy atom. The van der Waals surface area contributed by atoms with Crippen LogP contribution >= 0.6 is 0 Å². The maximum absolute atomic E-state index is 12.0. The average Bonchev–Trinajstić information content (AvgIpc) is 2.43. The lowest BCUT2D eigenvalue weighted by molar-refractivity contribution is -0.165. The predicted octanol–water partition coefficient (Wildman–Crippen LogP) is 3.27. The highest BCUT2D eigenvalue weighted by Crippen LogP contribution is 2.20. The van der Waals surface area contributed by atoms with Crippen LogP contribution in [0.5, 0.6) is 0 Å². The summed E-state index contributed by atoms with van der Waals surface area (Å²) in [5.41, 5.74) is -0.579. The van der Waals surface area contributed by atoms with Crippen molar-refractivity contribution in [2.75, 3.05) is 13.7 Å². The van der Waals surface area contributed by atoms with Crippen LogP contribution in [0, 0.1) is 5.92 Å². The van der Waals surface area contributed by atoms with Crippen LogP contribution in [-0.4, -0.2) is 37.4 Å². The summed E-state index contributed by atoms with van der Waals surface area (Å²) in [6, 6.07) is 0. The third-order valence-electron chi connectivity index (χ3n) is 3.05. The molecule has 0 unspecified atom stereocenters. The Morgan fingerprint density at radius 3 is 2.36 bits per heavy atom. The summed E-state index contributed by atoms with van der Waals surface area (Å²) in [5.74, 6) is -1.51. The van der Waals surface area contributed by atoms with Crippen LogP contribution in [0.3, 0.4) is 0 Å². The van der Waals surface area contributed by atoms with E-state index in [-0.39, 0.29) is 12.5 Å². The number of allylic oxidation sites excluding steroid dienone is 1. The highest BCUT2D eigenvalue weighted by atomic mass is 16.6. The number of unbranched alkanes of at least 4 members (excludes halogenated alkanes) is 1. The normalized spacial score (nSPS) is 14.0. The van der Waals surface area contributed by atoms with E-state index in [1.54, 1.807) is 20.8 Å². The molecule has 0 aliphatic rings. The quantitative estimate of drug-likeness (QED) is 0.352. The first kappa shape index (κ1) is 20.6. The summed E-state index contributed by atoms with van der Waals surface area (Å²) in [5, 5.41) is 0. The molecule has 0 spiro atoms. The van der Waals surface area contributed by atoms with E-state index < -0.39 is 23.5 Å². The van der Waals surface area contributed by atoms with Gasteiger partial charge in [0, 0.05) is 6.61 Å². The van der Waals surface area contributed by atoms with Crippen molar-refractivity contribution >= 4 is 11.9 Å². The van der Waals surface area contributed by atoms with Crippen LogP contribution in [-0.2, 0) is 23.8 Å². The highest BCUT2D eigenvalue weighted by Gasteiger charge is 2.32. The summed E-state index contributed by atoms with van der Waals surface area (Å²) in [6.45, 7) is 11.5. The third kappa shape index (κ3) is 8.82. The molecule has 0 aromatic heterocycles. The fourth-order valence-corrected chi connectivity index (χ4v) is 2.06. The average molecular weight is 314 g/mol. The molecule has 0 bridgehead atoms. The molecule has 22 heavy (non-hydrogen) atoms. The Labute approximate surface area is 134 Å². The first-order valence-corrected chi connectivity index (χ1v) is 7.77. The van der Waals surface area contributed by atoms with E-state index in [1.165, 1.54) is 7.11 Å². The van der Waals surface area contributed by atoms with Crippen LogP contribution in [0.1, 0.15) is 53.4 Å². The van der Waals surface area contributed by atoms with Crippen LogP contribution in [0.4, 0.5) is 0 Å². The molecule has 0 aliphatic heterocycles. The molecule has 0 fully saturated rings. The van der Waals surface area contributed by atoms with Crippen LogP contribution in [0.15, 0.2) is 12.7 Å². The van der Waals surface area contributed by atoms with Gasteiger partial charge in [-0.15, -0.1) is 6.58 Å². The summed E-state index contributed by atoms with van der Waals surface area (Å²) in [4.78, 5) is 24.0. The van der Waals surface area contributed by atoms with Crippen LogP contribution < -0.4 is 0 Å². The van der Waals surface area contributed by atoms with E-state index in [9.17, 15) is 9.59 Å². The summed E-state index contributed by atoms with van der Waals surface area (Å²) < 4.78 is 15.8. The molecule has 0 aliphatic carbocycles. The molecular weight excluding hydrogens is 284 g/mol. The largest absolute Gasteiger partial charge is 0.469 e. The molecule has 0 saturated carbocycles. The molecule has 0 saturated heterocycles. The third-order valence-corrected chi connectivity index (χ3v) is 3.05. The van der Waals surface area contributed by atoms with E-state index in [4.69, 9.17) is 14.2 Å².